The summed E-state index contributed by atoms with van der Waals surface area (Å²) in [5.74, 6) is -1.15. The summed E-state index contributed by atoms with van der Waals surface area (Å²) in [6.07, 6.45) is 3.22. The van der Waals surface area contributed by atoms with Gasteiger partial charge in [0.15, 0.2) is 0 Å². The molecule has 1 saturated heterocycles. The van der Waals surface area contributed by atoms with Crippen LogP contribution in [0.25, 0.3) is 0 Å². The van der Waals surface area contributed by atoms with Crippen LogP contribution >= 0.6 is 0 Å². The second-order valence-corrected chi connectivity index (χ2v) is 4.28. The Morgan fingerprint density at radius 3 is 2.62 bits per heavy atom. The van der Waals surface area contributed by atoms with Crippen LogP contribution in [0.3, 0.4) is 0 Å². The number of piperidine rings is 1. The second kappa shape index (κ2) is 5.12. The molecule has 1 fully saturated rings. The average molecular weight is 219 g/mol. The Balaban J connectivity index is 2.20. The predicted molar refractivity (Wildman–Crippen MR) is 62.5 cm³/mol. The average Bonchev–Trinajstić information content (AvgIpc) is 2.31. The standard InChI is InChI=1S/C13H17NO2/c15-13(16)12(10-6-2-1-3-7-10)11-8-4-5-9-14-11/h1-3,6-7,11-12,14H,4-5,8-9H2,(H,15,16)/t11?,12-/m1/s1. The van der Waals surface area contributed by atoms with Crippen molar-refractivity contribution >= 4 is 5.97 Å². The molecule has 0 radical (unpaired) electrons. The van der Waals surface area contributed by atoms with Crippen molar-refractivity contribution in [2.45, 2.75) is 31.2 Å². The van der Waals surface area contributed by atoms with Gasteiger partial charge in [-0.3, -0.25) is 4.79 Å². The highest BCUT2D eigenvalue weighted by Crippen LogP contribution is 2.25. The van der Waals surface area contributed by atoms with Gasteiger partial charge in [-0.05, 0) is 24.9 Å². The Morgan fingerprint density at radius 1 is 1.31 bits per heavy atom. The largest absolute Gasteiger partial charge is 0.481 e. The van der Waals surface area contributed by atoms with E-state index in [0.29, 0.717) is 0 Å². The highest BCUT2D eigenvalue weighted by molar-refractivity contribution is 5.77. The molecule has 3 heteroatoms. The van der Waals surface area contributed by atoms with Gasteiger partial charge in [0, 0.05) is 6.04 Å². The van der Waals surface area contributed by atoms with Crippen molar-refractivity contribution in [2.75, 3.05) is 6.54 Å². The molecule has 1 aliphatic rings. The molecule has 0 aromatic heterocycles. The van der Waals surface area contributed by atoms with Gasteiger partial charge in [0.1, 0.15) is 0 Å². The zero-order chi connectivity index (χ0) is 11.4. The number of carboxylic acids is 1. The van der Waals surface area contributed by atoms with Crippen molar-refractivity contribution in [1.29, 1.82) is 0 Å². The Hall–Kier alpha value is -1.35. The fourth-order valence-electron chi connectivity index (χ4n) is 2.37. The fourth-order valence-corrected chi connectivity index (χ4v) is 2.37. The first-order valence-corrected chi connectivity index (χ1v) is 5.80. The van der Waals surface area contributed by atoms with E-state index in [1.54, 1.807) is 0 Å². The maximum atomic E-state index is 11.4. The van der Waals surface area contributed by atoms with Gasteiger partial charge in [-0.25, -0.2) is 0 Å². The summed E-state index contributed by atoms with van der Waals surface area (Å²) in [4.78, 5) is 11.4. The van der Waals surface area contributed by atoms with Crippen LogP contribution in [0.2, 0.25) is 0 Å². The summed E-state index contributed by atoms with van der Waals surface area (Å²) in [6.45, 7) is 0.932. The molecule has 1 aromatic rings. The summed E-state index contributed by atoms with van der Waals surface area (Å²) >= 11 is 0. The van der Waals surface area contributed by atoms with E-state index in [0.717, 1.165) is 31.4 Å². The van der Waals surface area contributed by atoms with Gasteiger partial charge in [0.2, 0.25) is 0 Å². The van der Waals surface area contributed by atoms with E-state index in [9.17, 15) is 9.90 Å². The summed E-state index contributed by atoms with van der Waals surface area (Å²) in [5.41, 5.74) is 0.898. The summed E-state index contributed by atoms with van der Waals surface area (Å²) in [7, 11) is 0. The number of rotatable bonds is 3. The van der Waals surface area contributed by atoms with Crippen molar-refractivity contribution < 1.29 is 9.90 Å². The van der Waals surface area contributed by atoms with E-state index in [1.807, 2.05) is 30.3 Å². The second-order valence-electron chi connectivity index (χ2n) is 4.28. The lowest BCUT2D eigenvalue weighted by Gasteiger charge is -2.29. The fraction of sp³-hybridized carbons (Fsp3) is 0.462. The van der Waals surface area contributed by atoms with Crippen LogP contribution in [0.4, 0.5) is 0 Å². The van der Waals surface area contributed by atoms with Crippen molar-refractivity contribution in [2.24, 2.45) is 0 Å². The number of hydrogen-bond donors (Lipinski definition) is 2. The van der Waals surface area contributed by atoms with Crippen LogP contribution in [-0.4, -0.2) is 23.7 Å². The van der Waals surface area contributed by atoms with Gasteiger partial charge < -0.3 is 10.4 Å². The van der Waals surface area contributed by atoms with Crippen LogP contribution in [0.5, 0.6) is 0 Å². The van der Waals surface area contributed by atoms with Crippen molar-refractivity contribution in [1.82, 2.24) is 5.32 Å². The Kier molecular flexibility index (Phi) is 3.57. The summed E-state index contributed by atoms with van der Waals surface area (Å²) in [6, 6.07) is 9.58. The Labute approximate surface area is 95.5 Å². The summed E-state index contributed by atoms with van der Waals surface area (Å²) in [5, 5.41) is 12.7. The van der Waals surface area contributed by atoms with Gasteiger partial charge >= 0.3 is 5.97 Å². The molecule has 1 aromatic carbocycles. The molecule has 86 valence electrons. The molecule has 0 amide bonds. The smallest absolute Gasteiger partial charge is 0.312 e. The highest BCUT2D eigenvalue weighted by Gasteiger charge is 2.30. The van der Waals surface area contributed by atoms with Crippen molar-refractivity contribution in [3.05, 3.63) is 35.9 Å². The molecule has 0 saturated carbocycles. The third-order valence-corrected chi connectivity index (χ3v) is 3.18. The molecule has 1 heterocycles. The molecule has 2 rings (SSSR count). The van der Waals surface area contributed by atoms with Gasteiger partial charge in [0.05, 0.1) is 5.92 Å². The molecule has 3 nitrogen and oxygen atoms in total. The van der Waals surface area contributed by atoms with Crippen LogP contribution in [0.1, 0.15) is 30.7 Å². The molecule has 16 heavy (non-hydrogen) atoms. The molecular weight excluding hydrogens is 202 g/mol. The Bertz CT molecular complexity index is 344. The third-order valence-electron chi connectivity index (χ3n) is 3.18. The number of nitrogens with one attached hydrogen (secondary N) is 1. The maximum absolute atomic E-state index is 11.4. The van der Waals surface area contributed by atoms with Gasteiger partial charge in [-0.1, -0.05) is 36.8 Å². The molecule has 2 N–H and O–H groups in total. The SMILES string of the molecule is O=C(O)[C@H](c1ccccc1)C1CCCCN1. The van der Waals surface area contributed by atoms with Crippen LogP contribution in [0, 0.1) is 0 Å². The molecule has 0 spiro atoms. The Morgan fingerprint density at radius 2 is 2.06 bits per heavy atom. The zero-order valence-corrected chi connectivity index (χ0v) is 9.23. The molecule has 1 aliphatic heterocycles. The number of aliphatic carboxylic acids is 1. The first-order valence-electron chi connectivity index (χ1n) is 5.80. The molecule has 0 bridgehead atoms. The lowest BCUT2D eigenvalue weighted by Crippen LogP contribution is -2.41. The molecule has 2 atom stereocenters. The van der Waals surface area contributed by atoms with E-state index < -0.39 is 11.9 Å². The predicted octanol–water partition coefficient (Wildman–Crippen LogP) is 2.00. The van der Waals surface area contributed by atoms with E-state index in [2.05, 4.69) is 5.32 Å². The summed E-state index contributed by atoms with van der Waals surface area (Å²) < 4.78 is 0. The number of hydrogen-bond acceptors (Lipinski definition) is 2. The minimum atomic E-state index is -0.731. The number of carboxylic acid groups (broad SMARTS) is 1. The maximum Gasteiger partial charge on any atom is 0.312 e. The van der Waals surface area contributed by atoms with Crippen LogP contribution in [0.15, 0.2) is 30.3 Å². The van der Waals surface area contributed by atoms with E-state index >= 15 is 0 Å². The van der Waals surface area contributed by atoms with E-state index in [-0.39, 0.29) is 6.04 Å². The first kappa shape index (κ1) is 11.1. The lowest BCUT2D eigenvalue weighted by atomic mass is 9.86. The van der Waals surface area contributed by atoms with E-state index in [1.165, 1.54) is 0 Å². The van der Waals surface area contributed by atoms with Gasteiger partial charge in [-0.15, -0.1) is 0 Å². The van der Waals surface area contributed by atoms with Gasteiger partial charge in [-0.2, -0.15) is 0 Å². The normalized spacial score (nSPS) is 22.6. The van der Waals surface area contributed by atoms with Crippen molar-refractivity contribution in [3.8, 4) is 0 Å². The number of benzene rings is 1. The minimum Gasteiger partial charge on any atom is -0.481 e. The minimum absolute atomic E-state index is 0.0775. The lowest BCUT2D eigenvalue weighted by molar-refractivity contribution is -0.139. The first-order chi connectivity index (χ1) is 7.79. The highest BCUT2D eigenvalue weighted by atomic mass is 16.4. The zero-order valence-electron chi connectivity index (χ0n) is 9.23. The molecular formula is C13H17NO2. The van der Waals surface area contributed by atoms with Crippen LogP contribution < -0.4 is 5.32 Å². The molecule has 1 unspecified atom stereocenters. The van der Waals surface area contributed by atoms with Gasteiger partial charge in [0.25, 0.3) is 0 Å². The quantitative estimate of drug-likeness (QED) is 0.817. The van der Waals surface area contributed by atoms with Crippen molar-refractivity contribution in [3.63, 3.8) is 0 Å². The molecule has 0 aliphatic carbocycles. The number of carbonyl (C=O) groups is 1. The monoisotopic (exact) mass is 219 g/mol. The van der Waals surface area contributed by atoms with Crippen LogP contribution in [-0.2, 0) is 4.79 Å². The topological polar surface area (TPSA) is 49.3 Å². The van der Waals surface area contributed by atoms with E-state index in [4.69, 9.17) is 0 Å². The third kappa shape index (κ3) is 2.42.